The quantitative estimate of drug-likeness (QED) is 0.595. The van der Waals surface area contributed by atoms with Crippen LogP contribution in [0.25, 0.3) is 11.3 Å². The summed E-state index contributed by atoms with van der Waals surface area (Å²) in [7, 11) is 0. The highest BCUT2D eigenvalue weighted by Crippen LogP contribution is 2.33. The molecule has 2 aromatic heterocycles. The lowest BCUT2D eigenvalue weighted by Crippen LogP contribution is -2.23. The van der Waals surface area contributed by atoms with Crippen LogP contribution in [0.5, 0.6) is 0 Å². The molecule has 166 valence electrons. The zero-order valence-electron chi connectivity index (χ0n) is 17.1. The van der Waals surface area contributed by atoms with Crippen molar-refractivity contribution in [1.82, 2.24) is 15.0 Å². The van der Waals surface area contributed by atoms with Crippen LogP contribution in [0.15, 0.2) is 18.5 Å². The molecular weight excluding hydrogens is 439 g/mol. The Morgan fingerprint density at radius 2 is 1.94 bits per heavy atom. The minimum Gasteiger partial charge on any atom is -0.381 e. The average molecular weight is 465 g/mol. The SMILES string of the molecule is N[C@@H]1CC[C@H](C(=O)Nc2cc(-c3nc(NCC4CCOCC4)cnc3Cl)c(Cl)cn2)C1. The van der Waals surface area contributed by atoms with E-state index in [1.54, 1.807) is 12.3 Å². The second-order valence-electron chi connectivity index (χ2n) is 8.14. The number of hydrogen-bond donors (Lipinski definition) is 3. The molecule has 1 saturated carbocycles. The van der Waals surface area contributed by atoms with E-state index in [0.29, 0.717) is 40.3 Å². The van der Waals surface area contributed by atoms with Gasteiger partial charge in [0.15, 0.2) is 5.15 Å². The summed E-state index contributed by atoms with van der Waals surface area (Å²) in [6.07, 6.45) is 7.45. The largest absolute Gasteiger partial charge is 0.381 e. The molecule has 1 saturated heterocycles. The van der Waals surface area contributed by atoms with Crippen molar-refractivity contribution in [2.75, 3.05) is 30.4 Å². The third-order valence-corrected chi connectivity index (χ3v) is 6.42. The third kappa shape index (κ3) is 5.63. The molecular formula is C21H26Cl2N6O2. The van der Waals surface area contributed by atoms with E-state index in [1.165, 1.54) is 6.20 Å². The first-order valence-corrected chi connectivity index (χ1v) is 11.3. The summed E-state index contributed by atoms with van der Waals surface area (Å²) in [5.74, 6) is 1.35. The van der Waals surface area contributed by atoms with Gasteiger partial charge < -0.3 is 21.1 Å². The predicted molar refractivity (Wildman–Crippen MR) is 121 cm³/mol. The van der Waals surface area contributed by atoms with Crippen molar-refractivity contribution >= 4 is 40.7 Å². The van der Waals surface area contributed by atoms with Crippen molar-refractivity contribution in [1.29, 1.82) is 0 Å². The topological polar surface area (TPSA) is 115 Å². The lowest BCUT2D eigenvalue weighted by Gasteiger charge is -2.22. The number of nitrogens with one attached hydrogen (secondary N) is 2. The Morgan fingerprint density at radius 1 is 1.13 bits per heavy atom. The van der Waals surface area contributed by atoms with E-state index >= 15 is 0 Å². The summed E-state index contributed by atoms with van der Waals surface area (Å²) in [4.78, 5) is 25.6. The highest BCUT2D eigenvalue weighted by molar-refractivity contribution is 6.35. The molecule has 31 heavy (non-hydrogen) atoms. The molecule has 1 aliphatic carbocycles. The highest BCUT2D eigenvalue weighted by Gasteiger charge is 2.28. The number of carbonyl (C=O) groups excluding carboxylic acids is 1. The third-order valence-electron chi connectivity index (χ3n) is 5.85. The number of nitrogens with zero attached hydrogens (tertiary/aromatic N) is 3. The Balaban J connectivity index is 1.49. The minimum absolute atomic E-state index is 0.0787. The summed E-state index contributed by atoms with van der Waals surface area (Å²) < 4.78 is 5.40. The smallest absolute Gasteiger partial charge is 0.228 e. The van der Waals surface area contributed by atoms with Gasteiger partial charge in [-0.2, -0.15) is 0 Å². The summed E-state index contributed by atoms with van der Waals surface area (Å²) >= 11 is 12.7. The van der Waals surface area contributed by atoms with Gasteiger partial charge in [-0.3, -0.25) is 4.79 Å². The fraction of sp³-hybridized carbons (Fsp3) is 0.524. The van der Waals surface area contributed by atoms with Gasteiger partial charge in [0.25, 0.3) is 0 Å². The zero-order chi connectivity index (χ0) is 21.8. The number of aromatic nitrogens is 3. The van der Waals surface area contributed by atoms with Crippen molar-refractivity contribution < 1.29 is 9.53 Å². The average Bonchev–Trinajstić information content (AvgIpc) is 3.22. The van der Waals surface area contributed by atoms with Gasteiger partial charge >= 0.3 is 0 Å². The van der Waals surface area contributed by atoms with Gasteiger partial charge in [0, 0.05) is 43.5 Å². The van der Waals surface area contributed by atoms with Crippen molar-refractivity contribution in [3.8, 4) is 11.3 Å². The van der Waals surface area contributed by atoms with E-state index in [0.717, 1.165) is 45.4 Å². The van der Waals surface area contributed by atoms with Crippen LogP contribution in [0, 0.1) is 11.8 Å². The molecule has 2 aliphatic rings. The van der Waals surface area contributed by atoms with Gasteiger partial charge in [0.05, 0.1) is 11.2 Å². The molecule has 3 heterocycles. The van der Waals surface area contributed by atoms with Crippen LogP contribution < -0.4 is 16.4 Å². The van der Waals surface area contributed by atoms with Crippen LogP contribution >= 0.6 is 23.2 Å². The Hall–Kier alpha value is -2.00. The highest BCUT2D eigenvalue weighted by atomic mass is 35.5. The van der Waals surface area contributed by atoms with Gasteiger partial charge in [-0.05, 0) is 44.1 Å². The molecule has 1 amide bonds. The van der Waals surface area contributed by atoms with Gasteiger partial charge in [0.1, 0.15) is 17.3 Å². The fourth-order valence-corrected chi connectivity index (χ4v) is 4.39. The number of pyridine rings is 1. The molecule has 0 bridgehead atoms. The zero-order valence-corrected chi connectivity index (χ0v) is 18.6. The van der Waals surface area contributed by atoms with Gasteiger partial charge in [-0.25, -0.2) is 15.0 Å². The predicted octanol–water partition coefficient (Wildman–Crippen LogP) is 3.75. The molecule has 10 heteroatoms. The Bertz CT molecular complexity index is 938. The molecule has 2 aromatic rings. The van der Waals surface area contributed by atoms with Crippen LogP contribution in [0.2, 0.25) is 10.2 Å². The summed E-state index contributed by atoms with van der Waals surface area (Å²) in [6, 6.07) is 1.75. The Kier molecular flexibility index (Phi) is 7.22. The van der Waals surface area contributed by atoms with Crippen molar-refractivity contribution in [2.24, 2.45) is 17.6 Å². The molecule has 8 nitrogen and oxygen atoms in total. The number of hydrogen-bond acceptors (Lipinski definition) is 7. The number of carbonyl (C=O) groups is 1. The molecule has 1 aliphatic heterocycles. The minimum atomic E-state index is -0.1000. The summed E-state index contributed by atoms with van der Waals surface area (Å²) in [5.41, 5.74) is 6.92. The van der Waals surface area contributed by atoms with Crippen molar-refractivity contribution in [3.05, 3.63) is 28.6 Å². The van der Waals surface area contributed by atoms with Crippen molar-refractivity contribution in [2.45, 2.75) is 38.1 Å². The fourth-order valence-electron chi connectivity index (χ4n) is 4.00. The van der Waals surface area contributed by atoms with Crippen LogP contribution in [0.3, 0.4) is 0 Å². The number of ether oxygens (including phenoxy) is 1. The standard InChI is InChI=1S/C21H26Cl2N6O2/c22-16-10-26-17(29-21(30)13-1-2-14(24)7-13)8-15(16)19-20(23)27-11-18(28-19)25-9-12-3-5-31-6-4-12/h8,10-14H,1-7,9,24H2,(H,25,28)(H,26,29,30)/t13-,14+/m0/s1. The first-order chi connectivity index (χ1) is 15.0. The van der Waals surface area contributed by atoms with E-state index in [4.69, 9.17) is 33.7 Å². The van der Waals surface area contributed by atoms with E-state index in [2.05, 4.69) is 25.6 Å². The van der Waals surface area contributed by atoms with Crippen molar-refractivity contribution in [3.63, 3.8) is 0 Å². The molecule has 2 fully saturated rings. The molecule has 0 radical (unpaired) electrons. The molecule has 0 aromatic carbocycles. The molecule has 4 N–H and O–H groups in total. The Morgan fingerprint density at radius 3 is 2.68 bits per heavy atom. The number of halogens is 2. The van der Waals surface area contributed by atoms with Crippen LogP contribution in [-0.2, 0) is 9.53 Å². The monoisotopic (exact) mass is 464 g/mol. The molecule has 4 rings (SSSR count). The molecule has 0 spiro atoms. The van der Waals surface area contributed by atoms with Crippen LogP contribution in [-0.4, -0.2) is 46.7 Å². The van der Waals surface area contributed by atoms with Crippen LogP contribution in [0.1, 0.15) is 32.1 Å². The maximum absolute atomic E-state index is 12.5. The molecule has 0 unspecified atom stereocenters. The summed E-state index contributed by atoms with van der Waals surface area (Å²) in [6.45, 7) is 2.36. The number of rotatable bonds is 6. The summed E-state index contributed by atoms with van der Waals surface area (Å²) in [5, 5.41) is 6.79. The second kappa shape index (κ2) is 10.1. The van der Waals surface area contributed by atoms with E-state index in [9.17, 15) is 4.79 Å². The number of nitrogens with two attached hydrogens (primary N) is 1. The van der Waals surface area contributed by atoms with E-state index < -0.39 is 0 Å². The Labute approximate surface area is 191 Å². The first-order valence-electron chi connectivity index (χ1n) is 10.6. The second-order valence-corrected chi connectivity index (χ2v) is 8.91. The maximum atomic E-state index is 12.5. The normalized spacial score (nSPS) is 21.8. The van der Waals surface area contributed by atoms with E-state index in [-0.39, 0.29) is 23.0 Å². The maximum Gasteiger partial charge on any atom is 0.228 e. The molecule has 2 atom stereocenters. The number of amides is 1. The lowest BCUT2D eigenvalue weighted by atomic mass is 10.0. The van der Waals surface area contributed by atoms with Crippen LogP contribution in [0.4, 0.5) is 11.6 Å². The van der Waals surface area contributed by atoms with E-state index in [1.807, 2.05) is 0 Å². The number of anilines is 2. The lowest BCUT2D eigenvalue weighted by molar-refractivity contribution is -0.119. The van der Waals surface area contributed by atoms with Gasteiger partial charge in [-0.1, -0.05) is 23.2 Å². The van der Waals surface area contributed by atoms with Gasteiger partial charge in [-0.15, -0.1) is 0 Å². The first kappa shape index (κ1) is 22.2. The van der Waals surface area contributed by atoms with Gasteiger partial charge in [0.2, 0.25) is 5.91 Å².